The lowest BCUT2D eigenvalue weighted by Gasteiger charge is -2.41. The molecular weight excluding hydrogens is 303 g/mol. The van der Waals surface area contributed by atoms with Gasteiger partial charge in [0.1, 0.15) is 5.78 Å². The fourth-order valence-corrected chi connectivity index (χ4v) is 3.01. The summed E-state index contributed by atoms with van der Waals surface area (Å²) in [4.78, 5) is 12.3. The zero-order valence-electron chi connectivity index (χ0n) is 9.20. The van der Waals surface area contributed by atoms with E-state index in [1.54, 1.807) is 0 Å². The summed E-state index contributed by atoms with van der Waals surface area (Å²) in [6.45, 7) is 4.05. The summed E-state index contributed by atoms with van der Waals surface area (Å²) in [7, 11) is 0. The molecule has 2 aliphatic heterocycles. The molecular formula is C12H17IO2. The zero-order chi connectivity index (χ0) is 11.1. The molecule has 0 saturated carbocycles. The predicted octanol–water partition coefficient (Wildman–Crippen LogP) is 2.75. The molecule has 0 unspecified atom stereocenters. The van der Waals surface area contributed by atoms with Gasteiger partial charge in [-0.1, -0.05) is 41.7 Å². The second-order valence-electron chi connectivity index (χ2n) is 4.77. The lowest BCUT2D eigenvalue weighted by molar-refractivity contribution is -0.157. The van der Waals surface area contributed by atoms with Crippen molar-refractivity contribution in [3.8, 4) is 0 Å². The van der Waals surface area contributed by atoms with Crippen LogP contribution in [0.2, 0.25) is 0 Å². The minimum Gasteiger partial charge on any atom is -0.365 e. The number of Topliss-reactive ketones (excluding diaryl/α,β-unsaturated/α-hetero) is 1. The maximum atomic E-state index is 12.3. The zero-order valence-corrected chi connectivity index (χ0v) is 11.4. The summed E-state index contributed by atoms with van der Waals surface area (Å²) >= 11 is 2.36. The van der Waals surface area contributed by atoms with Gasteiger partial charge in [-0.25, -0.2) is 0 Å². The summed E-state index contributed by atoms with van der Waals surface area (Å²) in [5, 5.41) is 0. The van der Waals surface area contributed by atoms with Crippen molar-refractivity contribution in [2.75, 3.05) is 4.43 Å². The SMILES string of the molecule is C[C@@H]1C(=O)[C@@](C)(CCCI)[C@@H]2C=C[C@H]1O2. The largest absolute Gasteiger partial charge is 0.365 e. The molecule has 0 amide bonds. The molecule has 3 heteroatoms. The molecule has 0 radical (unpaired) electrons. The first kappa shape index (κ1) is 11.6. The Morgan fingerprint density at radius 2 is 2.27 bits per heavy atom. The van der Waals surface area contributed by atoms with Crippen molar-refractivity contribution >= 4 is 28.4 Å². The number of hydrogen-bond donors (Lipinski definition) is 0. The average Bonchev–Trinajstić information content (AvgIpc) is 2.69. The third-order valence-corrected chi connectivity index (χ3v) is 4.47. The maximum Gasteiger partial charge on any atom is 0.147 e. The van der Waals surface area contributed by atoms with Gasteiger partial charge in [-0.15, -0.1) is 0 Å². The molecule has 2 bridgehead atoms. The second-order valence-corrected chi connectivity index (χ2v) is 5.85. The van der Waals surface area contributed by atoms with E-state index in [2.05, 4.69) is 41.7 Å². The highest BCUT2D eigenvalue weighted by Crippen LogP contribution is 2.44. The van der Waals surface area contributed by atoms with Gasteiger partial charge in [-0.3, -0.25) is 4.79 Å². The average molecular weight is 320 g/mol. The summed E-state index contributed by atoms with van der Waals surface area (Å²) < 4.78 is 6.96. The molecule has 0 spiro atoms. The van der Waals surface area contributed by atoms with Crippen LogP contribution in [0.5, 0.6) is 0 Å². The Balaban J connectivity index is 2.21. The summed E-state index contributed by atoms with van der Waals surface area (Å²) in [5.41, 5.74) is -0.284. The molecule has 2 nitrogen and oxygen atoms in total. The molecule has 0 aliphatic carbocycles. The van der Waals surface area contributed by atoms with Crippen LogP contribution >= 0.6 is 22.6 Å². The van der Waals surface area contributed by atoms with E-state index >= 15 is 0 Å². The van der Waals surface area contributed by atoms with E-state index in [4.69, 9.17) is 4.74 Å². The molecule has 2 rings (SSSR count). The van der Waals surface area contributed by atoms with Gasteiger partial charge in [0, 0.05) is 5.92 Å². The number of ketones is 1. The Bertz CT molecular complexity index is 300. The smallest absolute Gasteiger partial charge is 0.147 e. The second kappa shape index (κ2) is 4.17. The standard InChI is InChI=1S/C12H17IO2/c1-8-9-4-5-10(15-9)12(2,11(8)14)6-3-7-13/h4-5,8-10H,3,6-7H2,1-2H3/t8-,9+,10-,12-/m0/s1. The molecule has 0 aromatic heterocycles. The minimum atomic E-state index is -0.284. The van der Waals surface area contributed by atoms with Gasteiger partial charge in [0.25, 0.3) is 0 Å². The summed E-state index contributed by atoms with van der Waals surface area (Å²) in [5.74, 6) is 0.415. The van der Waals surface area contributed by atoms with Crippen molar-refractivity contribution in [3.05, 3.63) is 12.2 Å². The van der Waals surface area contributed by atoms with Crippen molar-refractivity contribution in [2.24, 2.45) is 11.3 Å². The van der Waals surface area contributed by atoms with E-state index in [0.717, 1.165) is 17.3 Å². The minimum absolute atomic E-state index is 0.0224. The van der Waals surface area contributed by atoms with Crippen LogP contribution in [0.4, 0.5) is 0 Å². The van der Waals surface area contributed by atoms with Crippen LogP contribution in [-0.4, -0.2) is 22.4 Å². The van der Waals surface area contributed by atoms with Crippen LogP contribution in [0.15, 0.2) is 12.2 Å². The Hall–Kier alpha value is 0.1000. The van der Waals surface area contributed by atoms with Crippen molar-refractivity contribution in [2.45, 2.75) is 38.9 Å². The first-order valence-corrected chi connectivity index (χ1v) is 7.06. The third-order valence-electron chi connectivity index (χ3n) is 3.71. The quantitative estimate of drug-likeness (QED) is 0.454. The molecule has 0 aromatic carbocycles. The summed E-state index contributed by atoms with van der Waals surface area (Å²) in [6, 6.07) is 0. The predicted molar refractivity (Wildman–Crippen MR) is 68.2 cm³/mol. The van der Waals surface area contributed by atoms with Gasteiger partial charge < -0.3 is 4.74 Å². The van der Waals surface area contributed by atoms with E-state index in [1.807, 2.05) is 6.92 Å². The number of rotatable bonds is 3. The fraction of sp³-hybridized carbons (Fsp3) is 0.750. The molecule has 2 heterocycles. The first-order valence-electron chi connectivity index (χ1n) is 5.53. The van der Waals surface area contributed by atoms with Gasteiger partial charge in [-0.2, -0.15) is 0 Å². The van der Waals surface area contributed by atoms with Crippen molar-refractivity contribution in [1.29, 1.82) is 0 Å². The van der Waals surface area contributed by atoms with Crippen LogP contribution in [0.25, 0.3) is 0 Å². The Morgan fingerprint density at radius 3 is 2.93 bits per heavy atom. The van der Waals surface area contributed by atoms with Crippen molar-refractivity contribution in [3.63, 3.8) is 0 Å². The van der Waals surface area contributed by atoms with Crippen molar-refractivity contribution < 1.29 is 9.53 Å². The van der Waals surface area contributed by atoms with Gasteiger partial charge in [0.15, 0.2) is 0 Å². The molecule has 4 atom stereocenters. The highest BCUT2D eigenvalue weighted by atomic mass is 127. The number of fused-ring (bicyclic) bond motifs is 2. The molecule has 84 valence electrons. The topological polar surface area (TPSA) is 26.3 Å². The van der Waals surface area contributed by atoms with Crippen LogP contribution in [-0.2, 0) is 9.53 Å². The normalized spacial score (nSPS) is 43.7. The van der Waals surface area contributed by atoms with E-state index in [9.17, 15) is 4.79 Å². The Labute approximate surface area is 105 Å². The highest BCUT2D eigenvalue weighted by molar-refractivity contribution is 14.1. The number of alkyl halides is 1. The molecule has 15 heavy (non-hydrogen) atoms. The Kier molecular flexibility index (Phi) is 3.22. The van der Waals surface area contributed by atoms with E-state index < -0.39 is 0 Å². The van der Waals surface area contributed by atoms with Crippen LogP contribution in [0, 0.1) is 11.3 Å². The van der Waals surface area contributed by atoms with Gasteiger partial charge in [0.2, 0.25) is 0 Å². The molecule has 2 aliphatic rings. The number of carbonyl (C=O) groups excluding carboxylic acids is 1. The molecule has 0 aromatic rings. The lowest BCUT2D eigenvalue weighted by atomic mass is 9.71. The molecule has 1 fully saturated rings. The Morgan fingerprint density at radius 1 is 1.53 bits per heavy atom. The lowest BCUT2D eigenvalue weighted by Crippen LogP contribution is -2.50. The van der Waals surface area contributed by atoms with Crippen LogP contribution in [0.3, 0.4) is 0 Å². The van der Waals surface area contributed by atoms with Crippen molar-refractivity contribution in [1.82, 2.24) is 0 Å². The monoisotopic (exact) mass is 320 g/mol. The fourth-order valence-electron chi connectivity index (χ4n) is 2.63. The van der Waals surface area contributed by atoms with Crippen LogP contribution < -0.4 is 0 Å². The van der Waals surface area contributed by atoms with Gasteiger partial charge in [-0.05, 0) is 24.2 Å². The number of ether oxygens (including phenoxy) is 1. The summed E-state index contributed by atoms with van der Waals surface area (Å²) in [6.07, 6.45) is 6.24. The van der Waals surface area contributed by atoms with Gasteiger partial charge in [0.05, 0.1) is 17.6 Å². The number of hydrogen-bond acceptors (Lipinski definition) is 2. The molecule has 1 saturated heterocycles. The number of carbonyl (C=O) groups is 1. The van der Waals surface area contributed by atoms with Gasteiger partial charge >= 0.3 is 0 Å². The van der Waals surface area contributed by atoms with Crippen LogP contribution in [0.1, 0.15) is 26.7 Å². The molecule has 0 N–H and O–H groups in total. The highest BCUT2D eigenvalue weighted by Gasteiger charge is 2.51. The first-order chi connectivity index (χ1) is 7.09. The maximum absolute atomic E-state index is 12.3. The van der Waals surface area contributed by atoms with E-state index in [0.29, 0.717) is 5.78 Å². The third kappa shape index (κ3) is 1.78. The van der Waals surface area contributed by atoms with E-state index in [-0.39, 0.29) is 23.5 Å². The number of halogens is 1. The van der Waals surface area contributed by atoms with E-state index in [1.165, 1.54) is 0 Å².